The largest absolute Gasteiger partial charge is 0.378 e. The maximum atomic E-state index is 5.55. The number of hydrogen-bond acceptors (Lipinski definition) is 1. The number of rotatable bonds is 0. The molecule has 2 rings (SSSR count). The van der Waals surface area contributed by atoms with Crippen LogP contribution in [0, 0.1) is 5.92 Å². The molecule has 1 saturated heterocycles. The second-order valence-corrected chi connectivity index (χ2v) is 3.31. The minimum atomic E-state index is 0.650. The highest BCUT2D eigenvalue weighted by Crippen LogP contribution is 2.32. The van der Waals surface area contributed by atoms with Crippen molar-refractivity contribution in [2.75, 3.05) is 6.61 Å². The zero-order valence-electron chi connectivity index (χ0n) is 5.81. The van der Waals surface area contributed by atoms with Gasteiger partial charge in [-0.3, -0.25) is 0 Å². The van der Waals surface area contributed by atoms with E-state index in [0.29, 0.717) is 6.10 Å². The van der Waals surface area contributed by atoms with Crippen molar-refractivity contribution in [2.45, 2.75) is 38.2 Å². The van der Waals surface area contributed by atoms with Gasteiger partial charge in [-0.25, -0.2) is 0 Å². The summed E-state index contributed by atoms with van der Waals surface area (Å²) >= 11 is 0. The van der Waals surface area contributed by atoms with Gasteiger partial charge in [0.1, 0.15) is 0 Å². The zero-order valence-corrected chi connectivity index (χ0v) is 5.81. The van der Waals surface area contributed by atoms with Crippen LogP contribution in [-0.2, 0) is 4.74 Å². The number of fused-ring (bicyclic) bond motifs is 2. The molecule has 2 bridgehead atoms. The fourth-order valence-electron chi connectivity index (χ4n) is 2.06. The molecule has 0 aromatic rings. The SMILES string of the molecule is C1CC2CCOC(C1)C2. The van der Waals surface area contributed by atoms with Crippen molar-refractivity contribution in [2.24, 2.45) is 5.92 Å². The average molecular weight is 126 g/mol. The molecule has 1 heteroatoms. The lowest BCUT2D eigenvalue weighted by molar-refractivity contribution is -0.0347. The van der Waals surface area contributed by atoms with E-state index in [4.69, 9.17) is 4.74 Å². The first kappa shape index (κ1) is 5.72. The maximum Gasteiger partial charge on any atom is 0.0577 e. The van der Waals surface area contributed by atoms with Crippen molar-refractivity contribution in [3.8, 4) is 0 Å². The van der Waals surface area contributed by atoms with E-state index in [0.717, 1.165) is 12.5 Å². The highest BCUT2D eigenvalue weighted by molar-refractivity contribution is 4.76. The minimum absolute atomic E-state index is 0.650. The van der Waals surface area contributed by atoms with Gasteiger partial charge in [-0.05, 0) is 25.2 Å². The monoisotopic (exact) mass is 126 g/mol. The van der Waals surface area contributed by atoms with Crippen LogP contribution in [0.5, 0.6) is 0 Å². The molecule has 1 nitrogen and oxygen atoms in total. The smallest absolute Gasteiger partial charge is 0.0577 e. The van der Waals surface area contributed by atoms with Crippen LogP contribution in [0.1, 0.15) is 32.1 Å². The maximum absolute atomic E-state index is 5.55. The van der Waals surface area contributed by atoms with Crippen molar-refractivity contribution in [3.05, 3.63) is 0 Å². The molecule has 1 aliphatic carbocycles. The van der Waals surface area contributed by atoms with Crippen molar-refractivity contribution >= 4 is 0 Å². The van der Waals surface area contributed by atoms with Gasteiger partial charge in [0.15, 0.2) is 0 Å². The molecule has 0 spiro atoms. The molecular weight excluding hydrogens is 112 g/mol. The quantitative estimate of drug-likeness (QED) is 0.482. The van der Waals surface area contributed by atoms with Crippen molar-refractivity contribution in [1.82, 2.24) is 0 Å². The van der Waals surface area contributed by atoms with Crippen LogP contribution in [0.4, 0.5) is 0 Å². The van der Waals surface area contributed by atoms with E-state index in [1.165, 1.54) is 32.1 Å². The Morgan fingerprint density at radius 1 is 1.11 bits per heavy atom. The van der Waals surface area contributed by atoms with Crippen LogP contribution in [0.2, 0.25) is 0 Å². The molecule has 1 aliphatic heterocycles. The molecule has 9 heavy (non-hydrogen) atoms. The van der Waals surface area contributed by atoms with E-state index in [9.17, 15) is 0 Å². The Balaban J connectivity index is 1.96. The van der Waals surface area contributed by atoms with Crippen LogP contribution in [0.25, 0.3) is 0 Å². The summed E-state index contributed by atoms with van der Waals surface area (Å²) in [6.45, 7) is 1.04. The Hall–Kier alpha value is -0.0400. The van der Waals surface area contributed by atoms with Gasteiger partial charge < -0.3 is 4.74 Å². The van der Waals surface area contributed by atoms with Gasteiger partial charge in [-0.15, -0.1) is 0 Å². The van der Waals surface area contributed by atoms with Gasteiger partial charge in [0.25, 0.3) is 0 Å². The third-order valence-corrected chi connectivity index (χ3v) is 2.61. The predicted molar refractivity (Wildman–Crippen MR) is 36.3 cm³/mol. The van der Waals surface area contributed by atoms with E-state index >= 15 is 0 Å². The lowest BCUT2D eigenvalue weighted by Gasteiger charge is -2.34. The molecule has 1 saturated carbocycles. The lowest BCUT2D eigenvalue weighted by atomic mass is 9.83. The molecule has 2 atom stereocenters. The summed E-state index contributed by atoms with van der Waals surface area (Å²) in [6, 6.07) is 0. The van der Waals surface area contributed by atoms with Gasteiger partial charge in [-0.2, -0.15) is 0 Å². The summed E-state index contributed by atoms with van der Waals surface area (Å²) < 4.78 is 5.55. The Morgan fingerprint density at radius 3 is 2.89 bits per heavy atom. The fraction of sp³-hybridized carbons (Fsp3) is 1.00. The summed E-state index contributed by atoms with van der Waals surface area (Å²) in [7, 11) is 0. The van der Waals surface area contributed by atoms with Crippen LogP contribution in [0.15, 0.2) is 0 Å². The van der Waals surface area contributed by atoms with E-state index in [-0.39, 0.29) is 0 Å². The van der Waals surface area contributed by atoms with Crippen LogP contribution in [-0.4, -0.2) is 12.7 Å². The third-order valence-electron chi connectivity index (χ3n) is 2.61. The Morgan fingerprint density at radius 2 is 2.11 bits per heavy atom. The molecule has 2 unspecified atom stereocenters. The molecular formula is C8H14O. The topological polar surface area (TPSA) is 9.23 Å². The first-order chi connectivity index (χ1) is 4.45. The summed E-state index contributed by atoms with van der Waals surface area (Å²) in [5.41, 5.74) is 0. The first-order valence-corrected chi connectivity index (χ1v) is 4.07. The lowest BCUT2D eigenvalue weighted by Crippen LogP contribution is -2.29. The fourth-order valence-corrected chi connectivity index (χ4v) is 2.06. The first-order valence-electron chi connectivity index (χ1n) is 4.07. The Bertz CT molecular complexity index is 80.7. The summed E-state index contributed by atoms with van der Waals surface area (Å²) in [5.74, 6) is 1.03. The van der Waals surface area contributed by atoms with Gasteiger partial charge in [0.2, 0.25) is 0 Å². The summed E-state index contributed by atoms with van der Waals surface area (Å²) in [6.07, 6.45) is 7.56. The number of ether oxygens (including phenoxy) is 1. The van der Waals surface area contributed by atoms with E-state index < -0.39 is 0 Å². The van der Waals surface area contributed by atoms with Gasteiger partial charge in [-0.1, -0.05) is 12.8 Å². The molecule has 2 fully saturated rings. The predicted octanol–water partition coefficient (Wildman–Crippen LogP) is 1.97. The molecule has 1 heterocycles. The normalized spacial score (nSPS) is 42.7. The summed E-state index contributed by atoms with van der Waals surface area (Å²) in [4.78, 5) is 0. The molecule has 0 radical (unpaired) electrons. The minimum Gasteiger partial charge on any atom is -0.378 e. The van der Waals surface area contributed by atoms with Crippen molar-refractivity contribution < 1.29 is 4.74 Å². The molecule has 0 N–H and O–H groups in total. The molecule has 0 aromatic carbocycles. The van der Waals surface area contributed by atoms with Crippen LogP contribution >= 0.6 is 0 Å². The molecule has 0 aromatic heterocycles. The van der Waals surface area contributed by atoms with Crippen LogP contribution < -0.4 is 0 Å². The van der Waals surface area contributed by atoms with E-state index in [2.05, 4.69) is 0 Å². The van der Waals surface area contributed by atoms with Crippen molar-refractivity contribution in [1.29, 1.82) is 0 Å². The third kappa shape index (κ3) is 1.11. The molecule has 2 aliphatic rings. The highest BCUT2D eigenvalue weighted by atomic mass is 16.5. The van der Waals surface area contributed by atoms with E-state index in [1.54, 1.807) is 0 Å². The average Bonchev–Trinajstić information content (AvgIpc) is 1.88. The Kier molecular flexibility index (Phi) is 1.46. The molecule has 0 amide bonds. The highest BCUT2D eigenvalue weighted by Gasteiger charge is 2.25. The number of hydrogen-bond donors (Lipinski definition) is 0. The summed E-state index contributed by atoms with van der Waals surface area (Å²) in [5, 5.41) is 0. The van der Waals surface area contributed by atoms with Gasteiger partial charge in [0, 0.05) is 6.61 Å². The van der Waals surface area contributed by atoms with E-state index in [1.807, 2.05) is 0 Å². The standard InChI is InChI=1S/C8H14O/c1-2-7-4-5-9-8(3-1)6-7/h7-8H,1-6H2. The van der Waals surface area contributed by atoms with Gasteiger partial charge >= 0.3 is 0 Å². The Labute approximate surface area is 56.4 Å². The second kappa shape index (κ2) is 2.30. The van der Waals surface area contributed by atoms with Crippen molar-refractivity contribution in [3.63, 3.8) is 0 Å². The van der Waals surface area contributed by atoms with Gasteiger partial charge in [0.05, 0.1) is 6.10 Å². The molecule has 52 valence electrons. The zero-order chi connectivity index (χ0) is 6.10. The van der Waals surface area contributed by atoms with Crippen LogP contribution in [0.3, 0.4) is 0 Å². The second-order valence-electron chi connectivity index (χ2n) is 3.31.